The van der Waals surface area contributed by atoms with E-state index >= 15 is 0 Å². The van der Waals surface area contributed by atoms with Crippen LogP contribution in [0, 0.1) is 0 Å². The average Bonchev–Trinajstić information content (AvgIpc) is 2.75. The van der Waals surface area contributed by atoms with Crippen LogP contribution >= 0.6 is 0 Å². The predicted molar refractivity (Wildman–Crippen MR) is 133 cm³/mol. The van der Waals surface area contributed by atoms with Crippen LogP contribution in [0.1, 0.15) is 155 Å². The van der Waals surface area contributed by atoms with E-state index in [1.165, 1.54) is 122 Å². The second-order valence-corrected chi connectivity index (χ2v) is 9.03. The van der Waals surface area contributed by atoms with Crippen molar-refractivity contribution in [2.45, 2.75) is 155 Å². The number of carbonyl (C=O) groups is 1. The molecular weight excluding hydrogens is 368 g/mol. The van der Waals surface area contributed by atoms with Crippen molar-refractivity contribution in [2.75, 3.05) is 6.61 Å². The third-order valence-corrected chi connectivity index (χ3v) is 5.90. The van der Waals surface area contributed by atoms with Crippen LogP contribution in [0.4, 0.5) is 0 Å². The van der Waals surface area contributed by atoms with Gasteiger partial charge in [0.1, 0.15) is 0 Å². The molecule has 0 rings (SSSR count). The lowest BCUT2D eigenvalue weighted by molar-refractivity contribution is -0.143. The summed E-state index contributed by atoms with van der Waals surface area (Å²) in [5.74, 6) is 0.00696. The zero-order valence-electron chi connectivity index (χ0n) is 20.7. The van der Waals surface area contributed by atoms with Crippen LogP contribution in [0.5, 0.6) is 0 Å². The monoisotopic (exact) mass is 422 g/mol. The Labute approximate surface area is 189 Å². The number of hydrogen-bond donors (Lipinski definition) is 0. The summed E-state index contributed by atoms with van der Waals surface area (Å²) in [7, 11) is 0. The highest BCUT2D eigenvalue weighted by Crippen LogP contribution is 2.12. The summed E-state index contributed by atoms with van der Waals surface area (Å²) in [4.78, 5) is 11.6. The van der Waals surface area contributed by atoms with Crippen molar-refractivity contribution < 1.29 is 9.53 Å². The lowest BCUT2D eigenvalue weighted by Gasteiger charge is -2.05. The molecule has 0 N–H and O–H groups in total. The normalized spacial score (nSPS) is 11.4. The number of allylic oxidation sites excluding steroid dienone is 2. The van der Waals surface area contributed by atoms with Gasteiger partial charge in [-0.05, 0) is 38.5 Å². The van der Waals surface area contributed by atoms with Crippen molar-refractivity contribution in [1.82, 2.24) is 0 Å². The predicted octanol–water partition coefficient (Wildman–Crippen LogP) is 9.71. The number of carbonyl (C=O) groups excluding carboxylic acids is 1. The number of esters is 1. The Morgan fingerprint density at radius 1 is 0.533 bits per heavy atom. The van der Waals surface area contributed by atoms with Crippen molar-refractivity contribution in [1.29, 1.82) is 0 Å². The summed E-state index contributed by atoms with van der Waals surface area (Å²) < 4.78 is 5.28. The Balaban J connectivity index is 3.15. The van der Waals surface area contributed by atoms with E-state index in [1.54, 1.807) is 0 Å². The molecule has 0 aromatic rings. The molecule has 0 fully saturated rings. The van der Waals surface area contributed by atoms with E-state index in [2.05, 4.69) is 26.0 Å². The van der Waals surface area contributed by atoms with Gasteiger partial charge in [0.05, 0.1) is 6.61 Å². The molecule has 0 aromatic carbocycles. The summed E-state index contributed by atoms with van der Waals surface area (Å²) in [6.07, 6.45) is 32.7. The van der Waals surface area contributed by atoms with E-state index in [0.717, 1.165) is 12.8 Å². The van der Waals surface area contributed by atoms with Crippen LogP contribution in [0.25, 0.3) is 0 Å². The van der Waals surface area contributed by atoms with E-state index < -0.39 is 0 Å². The highest BCUT2D eigenvalue weighted by molar-refractivity contribution is 5.69. The van der Waals surface area contributed by atoms with E-state index in [1.807, 2.05) is 0 Å². The van der Waals surface area contributed by atoms with Gasteiger partial charge in [0.15, 0.2) is 0 Å². The fourth-order valence-electron chi connectivity index (χ4n) is 3.83. The molecular formula is C28H54O2. The van der Waals surface area contributed by atoms with Gasteiger partial charge in [-0.2, -0.15) is 0 Å². The second-order valence-electron chi connectivity index (χ2n) is 9.03. The van der Waals surface area contributed by atoms with Crippen LogP contribution in [0.2, 0.25) is 0 Å². The van der Waals surface area contributed by atoms with Crippen LogP contribution in [0.15, 0.2) is 12.2 Å². The van der Waals surface area contributed by atoms with Crippen molar-refractivity contribution in [3.63, 3.8) is 0 Å². The Kier molecular flexibility index (Phi) is 25.6. The van der Waals surface area contributed by atoms with Crippen molar-refractivity contribution in [3.05, 3.63) is 12.2 Å². The van der Waals surface area contributed by atoms with Crippen LogP contribution in [0.3, 0.4) is 0 Å². The highest BCUT2D eigenvalue weighted by Gasteiger charge is 2.02. The molecule has 0 spiro atoms. The number of unbranched alkanes of at least 4 members (excludes halogenated alkanes) is 18. The first-order chi connectivity index (χ1) is 14.8. The number of rotatable bonds is 24. The van der Waals surface area contributed by atoms with Gasteiger partial charge in [0, 0.05) is 6.42 Å². The van der Waals surface area contributed by atoms with Gasteiger partial charge in [0.2, 0.25) is 0 Å². The second kappa shape index (κ2) is 26.2. The summed E-state index contributed by atoms with van der Waals surface area (Å²) in [6, 6.07) is 0. The maximum atomic E-state index is 11.6. The summed E-state index contributed by atoms with van der Waals surface area (Å²) >= 11 is 0. The third kappa shape index (κ3) is 25.2. The van der Waals surface area contributed by atoms with E-state index in [-0.39, 0.29) is 5.97 Å². The van der Waals surface area contributed by atoms with Gasteiger partial charge in [-0.25, -0.2) is 0 Å². The fourth-order valence-corrected chi connectivity index (χ4v) is 3.83. The summed E-state index contributed by atoms with van der Waals surface area (Å²) in [5, 5.41) is 0. The van der Waals surface area contributed by atoms with Crippen molar-refractivity contribution >= 4 is 5.97 Å². The first kappa shape index (κ1) is 29.2. The molecule has 0 radical (unpaired) electrons. The maximum Gasteiger partial charge on any atom is 0.305 e. The molecule has 0 saturated carbocycles. The molecule has 178 valence electrons. The molecule has 0 atom stereocenters. The standard InChI is InChI=1S/C28H54O2/c1-3-5-7-9-10-11-12-13-14-15-16-17-18-19-20-21-22-23-24-26-28(29)30-27-25-8-6-4-2/h13-14H,3-12,15-27H2,1-2H3. The summed E-state index contributed by atoms with van der Waals surface area (Å²) in [5.41, 5.74) is 0. The first-order valence-corrected chi connectivity index (χ1v) is 13.6. The van der Waals surface area contributed by atoms with E-state index in [4.69, 9.17) is 4.74 Å². The average molecular weight is 423 g/mol. The van der Waals surface area contributed by atoms with Gasteiger partial charge in [0.25, 0.3) is 0 Å². The van der Waals surface area contributed by atoms with Crippen LogP contribution in [-0.4, -0.2) is 12.6 Å². The van der Waals surface area contributed by atoms with Crippen LogP contribution < -0.4 is 0 Å². The molecule has 0 aliphatic rings. The molecule has 0 heterocycles. The third-order valence-electron chi connectivity index (χ3n) is 5.90. The molecule has 2 heteroatoms. The van der Waals surface area contributed by atoms with Gasteiger partial charge in [-0.1, -0.05) is 122 Å². The summed E-state index contributed by atoms with van der Waals surface area (Å²) in [6.45, 7) is 5.10. The van der Waals surface area contributed by atoms with Gasteiger partial charge >= 0.3 is 5.97 Å². The van der Waals surface area contributed by atoms with Crippen molar-refractivity contribution in [2.24, 2.45) is 0 Å². The van der Waals surface area contributed by atoms with E-state index in [9.17, 15) is 4.79 Å². The highest BCUT2D eigenvalue weighted by atomic mass is 16.5. The SMILES string of the molecule is CCCCCCCCC=CCCCCCCCCCCCC(=O)OCCCCCC. The molecule has 30 heavy (non-hydrogen) atoms. The molecule has 2 nitrogen and oxygen atoms in total. The Morgan fingerprint density at radius 3 is 1.43 bits per heavy atom. The van der Waals surface area contributed by atoms with Gasteiger partial charge < -0.3 is 4.74 Å². The number of ether oxygens (including phenoxy) is 1. The molecule has 0 amide bonds. The minimum atomic E-state index is 0.00696. The smallest absolute Gasteiger partial charge is 0.305 e. The zero-order chi connectivity index (χ0) is 22.0. The van der Waals surface area contributed by atoms with Crippen molar-refractivity contribution in [3.8, 4) is 0 Å². The Morgan fingerprint density at radius 2 is 0.933 bits per heavy atom. The van der Waals surface area contributed by atoms with Crippen LogP contribution in [-0.2, 0) is 9.53 Å². The zero-order valence-corrected chi connectivity index (χ0v) is 20.7. The number of hydrogen-bond acceptors (Lipinski definition) is 2. The minimum Gasteiger partial charge on any atom is -0.466 e. The van der Waals surface area contributed by atoms with Gasteiger partial charge in [-0.3, -0.25) is 4.79 Å². The minimum absolute atomic E-state index is 0.00696. The molecule has 0 saturated heterocycles. The van der Waals surface area contributed by atoms with E-state index in [0.29, 0.717) is 13.0 Å². The first-order valence-electron chi connectivity index (χ1n) is 13.6. The topological polar surface area (TPSA) is 26.3 Å². The molecule has 0 aliphatic carbocycles. The molecule has 0 bridgehead atoms. The molecule has 0 aliphatic heterocycles. The maximum absolute atomic E-state index is 11.6. The lowest BCUT2D eigenvalue weighted by atomic mass is 10.1. The Hall–Kier alpha value is -0.790. The molecule has 0 unspecified atom stereocenters. The largest absolute Gasteiger partial charge is 0.466 e. The lowest BCUT2D eigenvalue weighted by Crippen LogP contribution is -2.05. The molecule has 0 aromatic heterocycles. The quantitative estimate of drug-likeness (QED) is 0.0878. The van der Waals surface area contributed by atoms with Gasteiger partial charge in [-0.15, -0.1) is 0 Å². The fraction of sp³-hybridized carbons (Fsp3) is 0.893. The Bertz CT molecular complexity index is 362.